The minimum atomic E-state index is -0.418. The van der Waals surface area contributed by atoms with Crippen LogP contribution in [0.5, 0.6) is 23.0 Å². The van der Waals surface area contributed by atoms with E-state index in [9.17, 15) is 9.59 Å². The highest BCUT2D eigenvalue weighted by Crippen LogP contribution is 2.30. The summed E-state index contributed by atoms with van der Waals surface area (Å²) in [6, 6.07) is 26.7. The van der Waals surface area contributed by atoms with Crippen LogP contribution in [0.4, 0.5) is 5.69 Å². The third-order valence-corrected chi connectivity index (χ3v) is 6.15. The highest BCUT2D eigenvalue weighted by Gasteiger charge is 2.13. The Kier molecular flexibility index (Phi) is 10.8. The molecule has 0 saturated heterocycles. The van der Waals surface area contributed by atoms with Crippen molar-refractivity contribution < 1.29 is 28.5 Å². The number of anilines is 1. The van der Waals surface area contributed by atoms with Crippen LogP contribution in [0.3, 0.4) is 0 Å². The molecule has 0 aliphatic rings. The third-order valence-electron chi connectivity index (χ3n) is 5.82. The van der Waals surface area contributed by atoms with Crippen molar-refractivity contribution in [3.8, 4) is 23.0 Å². The summed E-state index contributed by atoms with van der Waals surface area (Å²) < 4.78 is 22.6. The van der Waals surface area contributed by atoms with Crippen molar-refractivity contribution in [1.29, 1.82) is 0 Å². The molecule has 4 aromatic carbocycles. The van der Waals surface area contributed by atoms with E-state index in [1.807, 2.05) is 37.3 Å². The molecule has 9 nitrogen and oxygen atoms in total. The summed E-state index contributed by atoms with van der Waals surface area (Å²) >= 11 is 6.08. The van der Waals surface area contributed by atoms with Gasteiger partial charge in [-0.1, -0.05) is 54.1 Å². The lowest BCUT2D eigenvalue weighted by Gasteiger charge is -2.13. The van der Waals surface area contributed by atoms with Crippen LogP contribution in [0.1, 0.15) is 28.4 Å². The molecule has 10 heteroatoms. The molecule has 0 heterocycles. The van der Waals surface area contributed by atoms with Crippen molar-refractivity contribution in [2.75, 3.05) is 25.6 Å². The number of rotatable bonds is 13. The molecule has 0 radical (unpaired) electrons. The van der Waals surface area contributed by atoms with E-state index in [1.54, 1.807) is 60.7 Å². The van der Waals surface area contributed by atoms with Gasteiger partial charge in [0.15, 0.2) is 29.6 Å². The maximum Gasteiger partial charge on any atom is 0.271 e. The second-order valence-corrected chi connectivity index (χ2v) is 9.20. The van der Waals surface area contributed by atoms with Gasteiger partial charge in [0.25, 0.3) is 11.8 Å². The number of para-hydroxylation sites is 1. The number of hydrazone groups is 1. The Morgan fingerprint density at radius 2 is 1.57 bits per heavy atom. The first-order valence-corrected chi connectivity index (χ1v) is 13.5. The Morgan fingerprint density at radius 3 is 2.33 bits per heavy atom. The largest absolute Gasteiger partial charge is 0.493 e. The van der Waals surface area contributed by atoms with Gasteiger partial charge in [0.2, 0.25) is 0 Å². The number of benzene rings is 4. The van der Waals surface area contributed by atoms with E-state index in [1.165, 1.54) is 13.3 Å². The van der Waals surface area contributed by atoms with Gasteiger partial charge in [0.05, 0.1) is 30.6 Å². The molecule has 216 valence electrons. The summed E-state index contributed by atoms with van der Waals surface area (Å²) in [4.78, 5) is 25.0. The first-order chi connectivity index (χ1) is 20.5. The number of carbonyl (C=O) groups is 2. The molecular formula is C32H30ClN3O6. The fraction of sp³-hybridized carbons (Fsp3) is 0.156. The molecule has 0 aliphatic heterocycles. The zero-order valence-corrected chi connectivity index (χ0v) is 23.9. The highest BCUT2D eigenvalue weighted by atomic mass is 35.5. The van der Waals surface area contributed by atoms with E-state index >= 15 is 0 Å². The first kappa shape index (κ1) is 30.0. The Morgan fingerprint density at radius 1 is 0.833 bits per heavy atom. The van der Waals surface area contributed by atoms with Gasteiger partial charge in [-0.15, -0.1) is 0 Å². The van der Waals surface area contributed by atoms with Crippen molar-refractivity contribution in [2.45, 2.75) is 13.5 Å². The maximum atomic E-state index is 12.7. The lowest BCUT2D eigenvalue weighted by molar-refractivity contribution is -0.118. The van der Waals surface area contributed by atoms with Crippen molar-refractivity contribution in [3.63, 3.8) is 0 Å². The summed E-state index contributed by atoms with van der Waals surface area (Å²) in [6.45, 7) is 2.40. The predicted molar refractivity (Wildman–Crippen MR) is 162 cm³/mol. The summed E-state index contributed by atoms with van der Waals surface area (Å²) in [7, 11) is 1.48. The van der Waals surface area contributed by atoms with Crippen LogP contribution in [-0.4, -0.2) is 38.4 Å². The van der Waals surface area contributed by atoms with Gasteiger partial charge in [-0.25, -0.2) is 5.43 Å². The molecule has 0 unspecified atom stereocenters. The number of hydrogen-bond donors (Lipinski definition) is 2. The van der Waals surface area contributed by atoms with Gasteiger partial charge >= 0.3 is 0 Å². The molecule has 42 heavy (non-hydrogen) atoms. The van der Waals surface area contributed by atoms with Crippen molar-refractivity contribution in [3.05, 3.63) is 113 Å². The lowest BCUT2D eigenvalue weighted by Crippen LogP contribution is -2.20. The molecule has 0 fully saturated rings. The molecule has 0 aromatic heterocycles. The third kappa shape index (κ3) is 8.49. The van der Waals surface area contributed by atoms with E-state index in [-0.39, 0.29) is 12.5 Å². The fourth-order valence-corrected chi connectivity index (χ4v) is 3.96. The molecule has 4 aromatic rings. The number of nitrogens with one attached hydrogen (secondary N) is 2. The van der Waals surface area contributed by atoms with Gasteiger partial charge < -0.3 is 24.3 Å². The summed E-state index contributed by atoms with van der Waals surface area (Å²) in [5, 5.41) is 7.18. The van der Waals surface area contributed by atoms with Crippen LogP contribution in [0.15, 0.2) is 96.1 Å². The van der Waals surface area contributed by atoms with E-state index in [2.05, 4.69) is 15.8 Å². The molecule has 2 amide bonds. The number of methoxy groups -OCH3 is 1. The van der Waals surface area contributed by atoms with E-state index in [0.29, 0.717) is 58.0 Å². The molecule has 0 saturated carbocycles. The Balaban J connectivity index is 1.33. The maximum absolute atomic E-state index is 12.7. The fourth-order valence-electron chi connectivity index (χ4n) is 3.78. The van der Waals surface area contributed by atoms with Crippen LogP contribution >= 0.6 is 11.6 Å². The molecule has 2 N–H and O–H groups in total. The zero-order chi connectivity index (χ0) is 29.7. The molecule has 4 rings (SSSR count). The van der Waals surface area contributed by atoms with E-state index in [4.69, 9.17) is 30.5 Å². The van der Waals surface area contributed by atoms with Crippen LogP contribution in [0.2, 0.25) is 5.02 Å². The quantitative estimate of drug-likeness (QED) is 0.144. The van der Waals surface area contributed by atoms with E-state index in [0.717, 1.165) is 5.56 Å². The molecule has 0 bridgehead atoms. The van der Waals surface area contributed by atoms with Gasteiger partial charge in [-0.2, -0.15) is 5.10 Å². The number of ether oxygens (including phenoxy) is 4. The van der Waals surface area contributed by atoms with Crippen LogP contribution in [-0.2, 0) is 11.4 Å². The number of hydrogen-bond acceptors (Lipinski definition) is 7. The number of carbonyl (C=O) groups excluding carboxylic acids is 2. The number of nitrogens with zero attached hydrogens (tertiary/aromatic N) is 1. The van der Waals surface area contributed by atoms with Crippen LogP contribution in [0.25, 0.3) is 0 Å². The van der Waals surface area contributed by atoms with E-state index < -0.39 is 5.91 Å². The van der Waals surface area contributed by atoms with Gasteiger partial charge in [-0.3, -0.25) is 9.59 Å². The first-order valence-electron chi connectivity index (χ1n) is 13.1. The average molecular weight is 588 g/mol. The van der Waals surface area contributed by atoms with Crippen LogP contribution in [0, 0.1) is 0 Å². The standard InChI is InChI=1S/C32H30ClN3O6/c1-3-40-30-18-24(14-16-28(30)41-20-22-9-5-4-6-10-22)32(38)36-34-19-23-13-15-27(29(17-23)39-2)42-21-31(37)35-26-12-8-7-11-25(26)33/h4-19H,3,20-21H2,1-2H3,(H,35,37)(H,36,38)/b34-19+. The number of halogens is 1. The molecule has 0 spiro atoms. The summed E-state index contributed by atoms with van der Waals surface area (Å²) in [5.41, 5.74) is 5.03. The second-order valence-electron chi connectivity index (χ2n) is 8.79. The lowest BCUT2D eigenvalue weighted by atomic mass is 10.2. The summed E-state index contributed by atoms with van der Waals surface area (Å²) in [5.74, 6) is 0.969. The van der Waals surface area contributed by atoms with Crippen molar-refractivity contribution in [2.24, 2.45) is 5.10 Å². The Hall–Kier alpha value is -5.02. The number of amides is 2. The molecule has 0 atom stereocenters. The van der Waals surface area contributed by atoms with Crippen molar-refractivity contribution in [1.82, 2.24) is 5.43 Å². The van der Waals surface area contributed by atoms with Gasteiger partial charge in [0.1, 0.15) is 6.61 Å². The van der Waals surface area contributed by atoms with Crippen molar-refractivity contribution >= 4 is 35.3 Å². The van der Waals surface area contributed by atoms with Gasteiger partial charge in [0, 0.05) is 5.56 Å². The zero-order valence-electron chi connectivity index (χ0n) is 23.1. The highest BCUT2D eigenvalue weighted by molar-refractivity contribution is 6.33. The second kappa shape index (κ2) is 15.1. The Bertz CT molecular complexity index is 1540. The summed E-state index contributed by atoms with van der Waals surface area (Å²) in [6.07, 6.45) is 1.47. The normalized spacial score (nSPS) is 10.6. The van der Waals surface area contributed by atoms with Gasteiger partial charge in [-0.05, 0) is 66.6 Å². The SMILES string of the molecule is CCOc1cc(C(=O)N/N=C/c2ccc(OCC(=O)Nc3ccccc3Cl)c(OC)c2)ccc1OCc1ccccc1. The molecular weight excluding hydrogens is 558 g/mol. The molecule has 0 aliphatic carbocycles. The predicted octanol–water partition coefficient (Wildman–Crippen LogP) is 6.11. The monoisotopic (exact) mass is 587 g/mol. The minimum absolute atomic E-state index is 0.245. The minimum Gasteiger partial charge on any atom is -0.493 e. The average Bonchev–Trinajstić information content (AvgIpc) is 3.01. The van der Waals surface area contributed by atoms with Crippen LogP contribution < -0.4 is 29.7 Å². The smallest absolute Gasteiger partial charge is 0.271 e. The Labute approximate surface area is 249 Å². The topological polar surface area (TPSA) is 107 Å².